The number of pyridine rings is 1. The van der Waals surface area contributed by atoms with Gasteiger partial charge in [0.2, 0.25) is 0 Å². The number of rotatable bonds is 7. The van der Waals surface area contributed by atoms with E-state index in [0.29, 0.717) is 24.5 Å². The molecule has 1 N–H and O–H groups in total. The molecule has 37 heavy (non-hydrogen) atoms. The number of hydrogen-bond acceptors (Lipinski definition) is 7. The SMILES string of the molecule is COCCn1nnnc1C(c1cc2cc(C)cc(C)c2[nH]c1=O)N1CCN(c2cc(Cl)ccc2C)CC1. The molecule has 0 aliphatic carbocycles. The van der Waals surface area contributed by atoms with Gasteiger partial charge in [0.05, 0.1) is 18.7 Å². The van der Waals surface area contributed by atoms with Crippen LogP contribution in [-0.2, 0) is 11.3 Å². The lowest BCUT2D eigenvalue weighted by molar-refractivity contribution is 0.171. The number of benzene rings is 2. The average molecular weight is 522 g/mol. The number of piperazine rings is 1. The van der Waals surface area contributed by atoms with E-state index in [1.807, 2.05) is 25.1 Å². The van der Waals surface area contributed by atoms with Gasteiger partial charge in [-0.05, 0) is 72.0 Å². The van der Waals surface area contributed by atoms with E-state index >= 15 is 0 Å². The third kappa shape index (κ3) is 5.12. The standard InChI is InChI=1S/C27H32ClN7O2/c1-17-13-19(3)24-20(14-17)15-22(27(36)29-24)25(26-30-31-32-35(26)11-12-37-4)34-9-7-33(8-10-34)23-16-21(28)6-5-18(23)2/h5-6,13-16,25H,7-12H2,1-4H3,(H,29,36). The minimum Gasteiger partial charge on any atom is -0.383 e. The highest BCUT2D eigenvalue weighted by Gasteiger charge is 2.33. The molecular formula is C27H32ClN7O2. The Bertz CT molecular complexity index is 1470. The number of ether oxygens (including phenoxy) is 1. The normalized spacial score (nSPS) is 15.4. The molecule has 0 amide bonds. The summed E-state index contributed by atoms with van der Waals surface area (Å²) in [5.74, 6) is 0.638. The number of H-pyrrole nitrogens is 1. The third-order valence-electron chi connectivity index (χ3n) is 7.12. The molecule has 4 aromatic rings. The van der Waals surface area contributed by atoms with Gasteiger partial charge in [0, 0.05) is 49.6 Å². The van der Waals surface area contributed by atoms with Crippen molar-refractivity contribution < 1.29 is 4.74 Å². The van der Waals surface area contributed by atoms with E-state index in [2.05, 4.69) is 62.4 Å². The molecule has 1 fully saturated rings. The van der Waals surface area contributed by atoms with Crippen molar-refractivity contribution in [1.82, 2.24) is 30.1 Å². The van der Waals surface area contributed by atoms with Gasteiger partial charge in [-0.1, -0.05) is 29.3 Å². The van der Waals surface area contributed by atoms with Gasteiger partial charge in [-0.15, -0.1) is 5.10 Å². The second kappa shape index (κ2) is 10.6. The van der Waals surface area contributed by atoms with Crippen molar-refractivity contribution in [2.24, 2.45) is 0 Å². The van der Waals surface area contributed by atoms with Gasteiger partial charge in [0.1, 0.15) is 6.04 Å². The number of hydrogen-bond donors (Lipinski definition) is 1. The Kier molecular flexibility index (Phi) is 7.28. The summed E-state index contributed by atoms with van der Waals surface area (Å²) in [6, 6.07) is 11.8. The molecular weight excluding hydrogens is 490 g/mol. The first-order valence-electron chi connectivity index (χ1n) is 12.5. The number of aryl methyl sites for hydroxylation is 3. The number of aromatic amines is 1. The van der Waals surface area contributed by atoms with Crippen LogP contribution in [-0.4, -0.2) is 70.0 Å². The molecule has 10 heteroatoms. The van der Waals surface area contributed by atoms with Crippen LogP contribution in [0.1, 0.15) is 34.1 Å². The van der Waals surface area contributed by atoms with E-state index in [4.69, 9.17) is 16.3 Å². The number of tetrazole rings is 1. The maximum absolute atomic E-state index is 13.5. The van der Waals surface area contributed by atoms with E-state index < -0.39 is 6.04 Å². The van der Waals surface area contributed by atoms with Crippen molar-refractivity contribution in [2.75, 3.05) is 44.8 Å². The molecule has 1 aliphatic heterocycles. The molecule has 0 bridgehead atoms. The monoisotopic (exact) mass is 521 g/mol. The highest BCUT2D eigenvalue weighted by atomic mass is 35.5. The zero-order chi connectivity index (χ0) is 26.1. The zero-order valence-electron chi connectivity index (χ0n) is 21.7. The molecule has 0 radical (unpaired) electrons. The van der Waals surface area contributed by atoms with E-state index in [1.165, 1.54) is 5.56 Å². The summed E-state index contributed by atoms with van der Waals surface area (Å²) < 4.78 is 7.02. The number of aromatic nitrogens is 5. The van der Waals surface area contributed by atoms with Crippen LogP contribution in [0, 0.1) is 20.8 Å². The Morgan fingerprint density at radius 3 is 2.59 bits per heavy atom. The first kappa shape index (κ1) is 25.4. The fourth-order valence-corrected chi connectivity index (χ4v) is 5.46. The Balaban J connectivity index is 1.54. The number of nitrogens with one attached hydrogen (secondary N) is 1. The van der Waals surface area contributed by atoms with Crippen LogP contribution in [0.5, 0.6) is 0 Å². The fraction of sp³-hybridized carbons (Fsp3) is 0.407. The lowest BCUT2D eigenvalue weighted by atomic mass is 10.00. The second-order valence-electron chi connectivity index (χ2n) is 9.71. The average Bonchev–Trinajstić information content (AvgIpc) is 3.34. The molecule has 0 saturated carbocycles. The summed E-state index contributed by atoms with van der Waals surface area (Å²) in [7, 11) is 1.65. The summed E-state index contributed by atoms with van der Waals surface area (Å²) in [4.78, 5) is 21.3. The zero-order valence-corrected chi connectivity index (χ0v) is 22.4. The molecule has 2 aromatic heterocycles. The van der Waals surface area contributed by atoms with Crippen LogP contribution in [0.15, 0.2) is 41.2 Å². The molecule has 1 aliphatic rings. The highest BCUT2D eigenvalue weighted by Crippen LogP contribution is 2.31. The van der Waals surface area contributed by atoms with Crippen LogP contribution in [0.4, 0.5) is 5.69 Å². The van der Waals surface area contributed by atoms with E-state index in [0.717, 1.165) is 58.9 Å². The van der Waals surface area contributed by atoms with Crippen LogP contribution < -0.4 is 10.5 Å². The molecule has 2 aromatic carbocycles. The van der Waals surface area contributed by atoms with Gasteiger partial charge < -0.3 is 14.6 Å². The maximum Gasteiger partial charge on any atom is 0.253 e. The Morgan fingerprint density at radius 1 is 1.05 bits per heavy atom. The van der Waals surface area contributed by atoms with Crippen molar-refractivity contribution >= 4 is 28.2 Å². The van der Waals surface area contributed by atoms with Crippen LogP contribution in [0.25, 0.3) is 10.9 Å². The summed E-state index contributed by atoms with van der Waals surface area (Å²) in [5.41, 5.74) is 5.90. The molecule has 1 atom stereocenters. The van der Waals surface area contributed by atoms with Crippen molar-refractivity contribution in [2.45, 2.75) is 33.4 Å². The molecule has 1 unspecified atom stereocenters. The summed E-state index contributed by atoms with van der Waals surface area (Å²) >= 11 is 6.30. The van der Waals surface area contributed by atoms with Gasteiger partial charge in [-0.25, -0.2) is 4.68 Å². The predicted octanol–water partition coefficient (Wildman–Crippen LogP) is 3.65. The first-order chi connectivity index (χ1) is 17.9. The van der Waals surface area contributed by atoms with Gasteiger partial charge in [-0.2, -0.15) is 0 Å². The van der Waals surface area contributed by atoms with Crippen molar-refractivity contribution in [3.05, 3.63) is 79.9 Å². The van der Waals surface area contributed by atoms with E-state index in [1.54, 1.807) is 11.8 Å². The lowest BCUT2D eigenvalue weighted by Crippen LogP contribution is -2.49. The lowest BCUT2D eigenvalue weighted by Gasteiger charge is -2.40. The summed E-state index contributed by atoms with van der Waals surface area (Å²) in [6.07, 6.45) is 0. The minimum atomic E-state index is -0.400. The minimum absolute atomic E-state index is 0.126. The second-order valence-corrected chi connectivity index (χ2v) is 10.1. The predicted molar refractivity (Wildman–Crippen MR) is 146 cm³/mol. The molecule has 0 spiro atoms. The first-order valence-corrected chi connectivity index (χ1v) is 12.9. The number of halogens is 1. The summed E-state index contributed by atoms with van der Waals surface area (Å²) in [6.45, 7) is 10.2. The summed E-state index contributed by atoms with van der Waals surface area (Å²) in [5, 5.41) is 14.3. The fourth-order valence-electron chi connectivity index (χ4n) is 5.29. The van der Waals surface area contributed by atoms with Crippen molar-refractivity contribution in [3.63, 3.8) is 0 Å². The van der Waals surface area contributed by atoms with Gasteiger partial charge in [0.25, 0.3) is 5.56 Å². The highest BCUT2D eigenvalue weighted by molar-refractivity contribution is 6.30. The van der Waals surface area contributed by atoms with E-state index in [9.17, 15) is 4.79 Å². The van der Waals surface area contributed by atoms with Crippen LogP contribution in [0.2, 0.25) is 5.02 Å². The largest absolute Gasteiger partial charge is 0.383 e. The third-order valence-corrected chi connectivity index (χ3v) is 7.35. The topological polar surface area (TPSA) is 92.2 Å². The quantitative estimate of drug-likeness (QED) is 0.397. The molecule has 9 nitrogen and oxygen atoms in total. The smallest absolute Gasteiger partial charge is 0.253 e. The number of anilines is 1. The Labute approximate surface area is 221 Å². The number of nitrogens with zero attached hydrogens (tertiary/aromatic N) is 6. The molecule has 1 saturated heterocycles. The molecule has 3 heterocycles. The molecule has 194 valence electrons. The van der Waals surface area contributed by atoms with E-state index in [-0.39, 0.29) is 5.56 Å². The van der Waals surface area contributed by atoms with Gasteiger partial charge in [0.15, 0.2) is 5.82 Å². The van der Waals surface area contributed by atoms with Gasteiger partial charge in [-0.3, -0.25) is 9.69 Å². The Morgan fingerprint density at radius 2 is 1.84 bits per heavy atom. The number of fused-ring (bicyclic) bond motifs is 1. The van der Waals surface area contributed by atoms with Crippen molar-refractivity contribution in [3.8, 4) is 0 Å². The van der Waals surface area contributed by atoms with Crippen LogP contribution >= 0.6 is 11.6 Å². The number of methoxy groups -OCH3 is 1. The van der Waals surface area contributed by atoms with Crippen LogP contribution in [0.3, 0.4) is 0 Å². The Hall–Kier alpha value is -3.27. The maximum atomic E-state index is 13.5. The molecule has 5 rings (SSSR count). The van der Waals surface area contributed by atoms with Gasteiger partial charge >= 0.3 is 0 Å². The van der Waals surface area contributed by atoms with Crippen molar-refractivity contribution in [1.29, 1.82) is 0 Å².